The molecule has 0 aliphatic rings. The number of thioether (sulfide) groups is 1. The molecule has 9 heteroatoms. The Bertz CT molecular complexity index is 1490. The van der Waals surface area contributed by atoms with Gasteiger partial charge < -0.3 is 9.88 Å². The van der Waals surface area contributed by atoms with E-state index in [-0.39, 0.29) is 11.7 Å². The van der Waals surface area contributed by atoms with Gasteiger partial charge in [-0.25, -0.2) is 9.97 Å². The van der Waals surface area contributed by atoms with Gasteiger partial charge in [-0.2, -0.15) is 0 Å². The SMILES string of the molecule is CCn1c(SCC(=O)Nc2ccc(Br)cn2)nnc1-c1cc(-c2ccccc2)nc2ccccc12. The van der Waals surface area contributed by atoms with E-state index in [0.717, 1.165) is 38.0 Å². The van der Waals surface area contributed by atoms with Crippen molar-refractivity contribution in [2.75, 3.05) is 11.1 Å². The fourth-order valence-corrected chi connectivity index (χ4v) is 4.79. The van der Waals surface area contributed by atoms with Gasteiger partial charge in [0.1, 0.15) is 5.82 Å². The molecule has 3 heterocycles. The first-order chi connectivity index (χ1) is 17.1. The Labute approximate surface area is 215 Å². The van der Waals surface area contributed by atoms with Gasteiger partial charge in [-0.3, -0.25) is 4.79 Å². The molecule has 2 aromatic carbocycles. The molecule has 0 atom stereocenters. The maximum atomic E-state index is 12.5. The standard InChI is InChI=1S/C26H21BrN6OS/c1-2-33-25(31-32-26(33)35-16-24(34)30-23-13-12-18(27)15-28-23)20-14-22(17-8-4-3-5-9-17)29-21-11-7-6-10-19(20)21/h3-15H,2,16H2,1H3,(H,28,30,34). The van der Waals surface area contributed by atoms with E-state index in [9.17, 15) is 4.79 Å². The summed E-state index contributed by atoms with van der Waals surface area (Å²) in [6.45, 7) is 2.71. The molecule has 0 fully saturated rings. The minimum atomic E-state index is -0.155. The van der Waals surface area contributed by atoms with Crippen LogP contribution in [0, 0.1) is 0 Å². The number of benzene rings is 2. The summed E-state index contributed by atoms with van der Waals surface area (Å²) in [6, 6.07) is 23.8. The fraction of sp³-hybridized carbons (Fsp3) is 0.115. The molecule has 0 aliphatic carbocycles. The summed E-state index contributed by atoms with van der Waals surface area (Å²) < 4.78 is 2.89. The van der Waals surface area contributed by atoms with Gasteiger partial charge >= 0.3 is 0 Å². The van der Waals surface area contributed by atoms with Crippen molar-refractivity contribution in [3.63, 3.8) is 0 Å². The van der Waals surface area contributed by atoms with Crippen molar-refractivity contribution in [3.8, 4) is 22.6 Å². The monoisotopic (exact) mass is 544 g/mol. The molecule has 0 aliphatic heterocycles. The highest BCUT2D eigenvalue weighted by Crippen LogP contribution is 2.33. The number of nitrogens with one attached hydrogen (secondary N) is 1. The molecule has 0 spiro atoms. The van der Waals surface area contributed by atoms with Crippen LogP contribution in [-0.4, -0.2) is 36.4 Å². The van der Waals surface area contributed by atoms with E-state index >= 15 is 0 Å². The summed E-state index contributed by atoms with van der Waals surface area (Å²) in [5.74, 6) is 1.30. The number of anilines is 1. The average molecular weight is 545 g/mol. The zero-order chi connectivity index (χ0) is 24.2. The predicted octanol–water partition coefficient (Wildman–Crippen LogP) is 6.07. The predicted molar refractivity (Wildman–Crippen MR) is 143 cm³/mol. The number of aromatic nitrogens is 5. The second-order valence-corrected chi connectivity index (χ2v) is 9.55. The minimum Gasteiger partial charge on any atom is -0.310 e. The average Bonchev–Trinajstić information content (AvgIpc) is 3.31. The molecule has 0 saturated heterocycles. The van der Waals surface area contributed by atoms with Crippen molar-refractivity contribution in [2.45, 2.75) is 18.6 Å². The van der Waals surface area contributed by atoms with Crippen LogP contribution < -0.4 is 5.32 Å². The first kappa shape index (κ1) is 23.2. The number of hydrogen-bond acceptors (Lipinski definition) is 6. The number of carbonyl (C=O) groups excluding carboxylic acids is 1. The lowest BCUT2D eigenvalue weighted by atomic mass is 10.0. The number of hydrogen-bond donors (Lipinski definition) is 1. The van der Waals surface area contributed by atoms with Crippen LogP contribution in [0.25, 0.3) is 33.5 Å². The van der Waals surface area contributed by atoms with Gasteiger partial charge in [-0.15, -0.1) is 10.2 Å². The molecule has 35 heavy (non-hydrogen) atoms. The molecule has 3 aromatic heterocycles. The van der Waals surface area contributed by atoms with Crippen LogP contribution in [-0.2, 0) is 11.3 Å². The second kappa shape index (κ2) is 10.4. The Morgan fingerprint density at radius 2 is 1.83 bits per heavy atom. The maximum absolute atomic E-state index is 12.5. The van der Waals surface area contributed by atoms with E-state index in [4.69, 9.17) is 4.98 Å². The summed E-state index contributed by atoms with van der Waals surface area (Å²) in [4.78, 5) is 21.5. The lowest BCUT2D eigenvalue weighted by molar-refractivity contribution is -0.113. The quantitative estimate of drug-likeness (QED) is 0.250. The number of rotatable bonds is 7. The summed E-state index contributed by atoms with van der Waals surface area (Å²) in [6.07, 6.45) is 1.64. The minimum absolute atomic E-state index is 0.155. The van der Waals surface area contributed by atoms with Crippen molar-refractivity contribution in [1.82, 2.24) is 24.7 Å². The number of pyridine rings is 2. The summed E-state index contributed by atoms with van der Waals surface area (Å²) in [7, 11) is 0. The van der Waals surface area contributed by atoms with E-state index in [2.05, 4.69) is 42.5 Å². The Balaban J connectivity index is 1.45. The van der Waals surface area contributed by atoms with Gasteiger partial charge in [-0.05, 0) is 47.1 Å². The summed E-state index contributed by atoms with van der Waals surface area (Å²) in [5, 5.41) is 13.4. The maximum Gasteiger partial charge on any atom is 0.236 e. The molecule has 1 amide bonds. The van der Waals surface area contributed by atoms with Crippen molar-refractivity contribution >= 4 is 50.3 Å². The number of carbonyl (C=O) groups is 1. The van der Waals surface area contributed by atoms with Gasteiger partial charge in [0, 0.05) is 33.7 Å². The third-order valence-electron chi connectivity index (χ3n) is 5.39. The molecule has 0 unspecified atom stereocenters. The molecule has 5 aromatic rings. The van der Waals surface area contributed by atoms with Crippen LogP contribution in [0.15, 0.2) is 88.6 Å². The van der Waals surface area contributed by atoms with E-state index in [1.807, 2.05) is 72.2 Å². The number of fused-ring (bicyclic) bond motifs is 1. The highest BCUT2D eigenvalue weighted by molar-refractivity contribution is 9.10. The van der Waals surface area contributed by atoms with Crippen molar-refractivity contribution in [1.29, 1.82) is 0 Å². The number of nitrogens with zero attached hydrogens (tertiary/aromatic N) is 5. The Hall–Kier alpha value is -3.56. The smallest absolute Gasteiger partial charge is 0.236 e. The van der Waals surface area contributed by atoms with E-state index in [1.54, 1.807) is 12.3 Å². The third kappa shape index (κ3) is 5.11. The Morgan fingerprint density at radius 1 is 1.03 bits per heavy atom. The van der Waals surface area contributed by atoms with Crippen molar-refractivity contribution < 1.29 is 4.79 Å². The van der Waals surface area contributed by atoms with Crippen LogP contribution >= 0.6 is 27.7 Å². The topological polar surface area (TPSA) is 85.6 Å². The molecular weight excluding hydrogens is 524 g/mol. The Morgan fingerprint density at radius 3 is 2.60 bits per heavy atom. The van der Waals surface area contributed by atoms with Gasteiger partial charge in [0.2, 0.25) is 5.91 Å². The lowest BCUT2D eigenvalue weighted by Gasteiger charge is -2.12. The number of halogens is 1. The van der Waals surface area contributed by atoms with E-state index < -0.39 is 0 Å². The zero-order valence-corrected chi connectivity index (χ0v) is 21.3. The first-order valence-corrected chi connectivity index (χ1v) is 12.8. The molecule has 0 saturated carbocycles. The van der Waals surface area contributed by atoms with E-state index in [1.165, 1.54) is 11.8 Å². The molecule has 7 nitrogen and oxygen atoms in total. The van der Waals surface area contributed by atoms with Gasteiger partial charge in [-0.1, -0.05) is 60.3 Å². The largest absolute Gasteiger partial charge is 0.310 e. The number of amides is 1. The van der Waals surface area contributed by atoms with Crippen LogP contribution in [0.3, 0.4) is 0 Å². The fourth-order valence-electron chi connectivity index (χ4n) is 3.76. The summed E-state index contributed by atoms with van der Waals surface area (Å²) in [5.41, 5.74) is 3.76. The summed E-state index contributed by atoms with van der Waals surface area (Å²) >= 11 is 4.69. The normalized spacial score (nSPS) is 11.0. The van der Waals surface area contributed by atoms with Crippen LogP contribution in [0.2, 0.25) is 0 Å². The lowest BCUT2D eigenvalue weighted by Crippen LogP contribution is -2.15. The molecule has 174 valence electrons. The molecule has 0 bridgehead atoms. The van der Waals surface area contributed by atoms with E-state index in [0.29, 0.717) is 17.5 Å². The Kier molecular flexibility index (Phi) is 6.87. The van der Waals surface area contributed by atoms with Crippen LogP contribution in [0.1, 0.15) is 6.92 Å². The van der Waals surface area contributed by atoms with Crippen LogP contribution in [0.4, 0.5) is 5.82 Å². The molecule has 0 radical (unpaired) electrons. The molecule has 1 N–H and O–H groups in total. The molecular formula is C26H21BrN6OS. The van der Waals surface area contributed by atoms with Crippen LogP contribution in [0.5, 0.6) is 0 Å². The molecule has 5 rings (SSSR count). The first-order valence-electron chi connectivity index (χ1n) is 11.1. The highest BCUT2D eigenvalue weighted by Gasteiger charge is 2.18. The highest BCUT2D eigenvalue weighted by atomic mass is 79.9. The van der Waals surface area contributed by atoms with Gasteiger partial charge in [0.05, 0.1) is 17.0 Å². The second-order valence-electron chi connectivity index (χ2n) is 7.69. The zero-order valence-electron chi connectivity index (χ0n) is 18.9. The van der Waals surface area contributed by atoms with Gasteiger partial charge in [0.25, 0.3) is 0 Å². The van der Waals surface area contributed by atoms with Crippen molar-refractivity contribution in [3.05, 3.63) is 83.5 Å². The number of para-hydroxylation sites is 1. The van der Waals surface area contributed by atoms with Crippen molar-refractivity contribution in [2.24, 2.45) is 0 Å². The third-order valence-corrected chi connectivity index (χ3v) is 6.82. The van der Waals surface area contributed by atoms with Gasteiger partial charge in [0.15, 0.2) is 11.0 Å².